The molecular weight excluding hydrogens is 362 g/mol. The summed E-state index contributed by atoms with van der Waals surface area (Å²) in [5.74, 6) is 1.53. The van der Waals surface area contributed by atoms with Gasteiger partial charge in [-0.3, -0.25) is 4.79 Å². The zero-order valence-electron chi connectivity index (χ0n) is 14.8. The maximum Gasteiger partial charge on any atom is 0.261 e. The zero-order chi connectivity index (χ0) is 18.8. The van der Waals surface area contributed by atoms with Gasteiger partial charge in [-0.1, -0.05) is 12.1 Å². The van der Waals surface area contributed by atoms with Gasteiger partial charge < -0.3 is 19.9 Å². The van der Waals surface area contributed by atoms with E-state index in [-0.39, 0.29) is 17.7 Å². The molecular formula is C21H19NO4S. The van der Waals surface area contributed by atoms with Gasteiger partial charge in [0, 0.05) is 4.88 Å². The smallest absolute Gasteiger partial charge is 0.261 e. The van der Waals surface area contributed by atoms with Crippen LogP contribution in [0, 0.1) is 0 Å². The van der Waals surface area contributed by atoms with Crippen molar-refractivity contribution in [3.05, 3.63) is 65.0 Å². The first-order valence-corrected chi connectivity index (χ1v) is 9.51. The fraction of sp³-hybridized carbons (Fsp3) is 0.190. The van der Waals surface area contributed by atoms with E-state index in [2.05, 4.69) is 5.32 Å². The quantitative estimate of drug-likeness (QED) is 0.704. The van der Waals surface area contributed by atoms with Gasteiger partial charge in [-0.05, 0) is 60.5 Å². The summed E-state index contributed by atoms with van der Waals surface area (Å²) in [6.07, 6.45) is 0. The molecule has 0 aliphatic carbocycles. The highest BCUT2D eigenvalue weighted by Gasteiger charge is 2.16. The van der Waals surface area contributed by atoms with E-state index in [1.807, 2.05) is 43.3 Å². The number of fused-ring (bicyclic) bond motifs is 1. The molecule has 3 aromatic rings. The Morgan fingerprint density at radius 3 is 2.70 bits per heavy atom. The zero-order valence-corrected chi connectivity index (χ0v) is 15.6. The molecule has 1 amide bonds. The fourth-order valence-electron chi connectivity index (χ4n) is 2.96. The van der Waals surface area contributed by atoms with Crippen molar-refractivity contribution in [1.82, 2.24) is 5.32 Å². The van der Waals surface area contributed by atoms with E-state index < -0.39 is 0 Å². The van der Waals surface area contributed by atoms with E-state index in [9.17, 15) is 9.90 Å². The van der Waals surface area contributed by atoms with Gasteiger partial charge in [0.1, 0.15) is 19.0 Å². The molecule has 2 N–H and O–H groups in total. The lowest BCUT2D eigenvalue weighted by atomic mass is 10.1. The second-order valence-electron chi connectivity index (χ2n) is 6.31. The van der Waals surface area contributed by atoms with Crippen LogP contribution in [0.15, 0.2) is 54.6 Å². The number of thiophene rings is 1. The molecule has 0 saturated heterocycles. The van der Waals surface area contributed by atoms with Gasteiger partial charge in [0.25, 0.3) is 5.91 Å². The van der Waals surface area contributed by atoms with Crippen LogP contribution in [0.25, 0.3) is 10.4 Å². The third-order valence-corrected chi connectivity index (χ3v) is 5.51. The fourth-order valence-corrected chi connectivity index (χ4v) is 3.86. The van der Waals surface area contributed by atoms with Crippen molar-refractivity contribution in [1.29, 1.82) is 0 Å². The van der Waals surface area contributed by atoms with E-state index in [1.165, 1.54) is 11.3 Å². The van der Waals surface area contributed by atoms with E-state index in [0.29, 0.717) is 18.1 Å². The van der Waals surface area contributed by atoms with E-state index in [0.717, 1.165) is 27.5 Å². The van der Waals surface area contributed by atoms with Crippen molar-refractivity contribution in [2.75, 3.05) is 13.2 Å². The molecule has 2 aromatic carbocycles. The van der Waals surface area contributed by atoms with E-state index in [1.54, 1.807) is 18.2 Å². The third kappa shape index (κ3) is 3.75. The second kappa shape index (κ2) is 7.32. The summed E-state index contributed by atoms with van der Waals surface area (Å²) in [6, 6.07) is 16.3. The van der Waals surface area contributed by atoms with Crippen LogP contribution in [-0.2, 0) is 0 Å². The molecule has 0 spiro atoms. The standard InChI is InChI=1S/C21H19NO4S/c1-13(14-3-2-4-16(23)11-14)22-21(24)20-8-7-19(27-20)15-5-6-17-18(12-15)26-10-9-25-17/h2-8,11-13,23H,9-10H2,1H3,(H,22,24). The number of hydrogen-bond donors (Lipinski definition) is 2. The molecule has 2 heterocycles. The number of ether oxygens (including phenoxy) is 2. The summed E-state index contributed by atoms with van der Waals surface area (Å²) < 4.78 is 11.2. The number of nitrogens with one attached hydrogen (secondary N) is 1. The topological polar surface area (TPSA) is 67.8 Å². The maximum absolute atomic E-state index is 12.6. The minimum absolute atomic E-state index is 0.139. The van der Waals surface area contributed by atoms with Gasteiger partial charge in [-0.15, -0.1) is 11.3 Å². The first-order valence-electron chi connectivity index (χ1n) is 8.70. The van der Waals surface area contributed by atoms with Crippen LogP contribution in [0.4, 0.5) is 0 Å². The number of carbonyl (C=O) groups is 1. The summed E-state index contributed by atoms with van der Waals surface area (Å²) in [4.78, 5) is 14.2. The van der Waals surface area contributed by atoms with Gasteiger partial charge in [-0.25, -0.2) is 0 Å². The number of phenolic OH excluding ortho intramolecular Hbond substituents is 1. The van der Waals surface area contributed by atoms with Crippen molar-refractivity contribution in [2.24, 2.45) is 0 Å². The van der Waals surface area contributed by atoms with Crippen LogP contribution >= 0.6 is 11.3 Å². The van der Waals surface area contributed by atoms with Gasteiger partial charge in [0.2, 0.25) is 0 Å². The molecule has 1 aromatic heterocycles. The first-order chi connectivity index (χ1) is 13.1. The molecule has 0 radical (unpaired) electrons. The Morgan fingerprint density at radius 2 is 1.89 bits per heavy atom. The maximum atomic E-state index is 12.6. The normalized spacial score (nSPS) is 13.8. The molecule has 0 saturated carbocycles. The Morgan fingerprint density at radius 1 is 1.07 bits per heavy atom. The number of rotatable bonds is 4. The number of carbonyl (C=O) groups excluding carboxylic acids is 1. The molecule has 0 fully saturated rings. The Hall–Kier alpha value is -2.99. The molecule has 0 bridgehead atoms. The molecule has 4 rings (SSSR count). The van der Waals surface area contributed by atoms with Crippen molar-refractivity contribution < 1.29 is 19.4 Å². The lowest BCUT2D eigenvalue weighted by molar-refractivity contribution is 0.0944. The summed E-state index contributed by atoms with van der Waals surface area (Å²) in [6.45, 7) is 3.00. The highest BCUT2D eigenvalue weighted by atomic mass is 32.1. The largest absolute Gasteiger partial charge is 0.508 e. The highest BCUT2D eigenvalue weighted by Crippen LogP contribution is 2.37. The lowest BCUT2D eigenvalue weighted by Crippen LogP contribution is -2.25. The van der Waals surface area contributed by atoms with Gasteiger partial charge in [-0.2, -0.15) is 0 Å². The Balaban J connectivity index is 1.49. The van der Waals surface area contributed by atoms with E-state index in [4.69, 9.17) is 9.47 Å². The molecule has 1 aliphatic rings. The van der Waals surface area contributed by atoms with Gasteiger partial charge in [0.15, 0.2) is 11.5 Å². The van der Waals surface area contributed by atoms with Crippen molar-refractivity contribution in [2.45, 2.75) is 13.0 Å². The highest BCUT2D eigenvalue weighted by molar-refractivity contribution is 7.17. The second-order valence-corrected chi connectivity index (χ2v) is 7.40. The summed E-state index contributed by atoms with van der Waals surface area (Å²) >= 11 is 1.43. The van der Waals surface area contributed by atoms with Crippen LogP contribution in [0.1, 0.15) is 28.2 Å². The molecule has 6 heteroatoms. The molecule has 138 valence electrons. The van der Waals surface area contributed by atoms with Crippen LogP contribution in [-0.4, -0.2) is 24.2 Å². The predicted octanol–water partition coefficient (Wildman–Crippen LogP) is 4.38. The summed E-state index contributed by atoms with van der Waals surface area (Å²) in [5.41, 5.74) is 1.84. The Bertz CT molecular complexity index is 982. The number of hydrogen-bond acceptors (Lipinski definition) is 5. The SMILES string of the molecule is CC(NC(=O)c1ccc(-c2ccc3c(c2)OCCO3)s1)c1cccc(O)c1. The number of amides is 1. The minimum Gasteiger partial charge on any atom is -0.508 e. The molecule has 5 nitrogen and oxygen atoms in total. The van der Waals surface area contributed by atoms with Crippen LogP contribution in [0.5, 0.6) is 17.2 Å². The van der Waals surface area contributed by atoms with Gasteiger partial charge in [0.05, 0.1) is 10.9 Å². The monoisotopic (exact) mass is 381 g/mol. The number of benzene rings is 2. The predicted molar refractivity (Wildman–Crippen MR) is 105 cm³/mol. The molecule has 27 heavy (non-hydrogen) atoms. The minimum atomic E-state index is -0.204. The third-order valence-electron chi connectivity index (χ3n) is 4.37. The molecule has 1 aliphatic heterocycles. The average molecular weight is 381 g/mol. The Labute approximate surface area is 161 Å². The summed E-state index contributed by atoms with van der Waals surface area (Å²) in [7, 11) is 0. The summed E-state index contributed by atoms with van der Waals surface area (Å²) in [5, 5.41) is 12.6. The Kier molecular flexibility index (Phi) is 4.73. The van der Waals surface area contributed by atoms with Crippen molar-refractivity contribution in [3.63, 3.8) is 0 Å². The first kappa shape index (κ1) is 17.4. The number of aromatic hydroxyl groups is 1. The lowest BCUT2D eigenvalue weighted by Gasteiger charge is -2.18. The van der Waals surface area contributed by atoms with Crippen molar-refractivity contribution in [3.8, 4) is 27.7 Å². The average Bonchev–Trinajstić information content (AvgIpc) is 3.18. The molecule has 1 atom stereocenters. The molecule has 1 unspecified atom stereocenters. The van der Waals surface area contributed by atoms with Crippen LogP contribution < -0.4 is 14.8 Å². The number of phenols is 1. The van der Waals surface area contributed by atoms with Crippen LogP contribution in [0.3, 0.4) is 0 Å². The van der Waals surface area contributed by atoms with E-state index >= 15 is 0 Å². The van der Waals surface area contributed by atoms with Crippen molar-refractivity contribution >= 4 is 17.2 Å². The van der Waals surface area contributed by atoms with Crippen LogP contribution in [0.2, 0.25) is 0 Å². The van der Waals surface area contributed by atoms with Gasteiger partial charge >= 0.3 is 0 Å².